The van der Waals surface area contributed by atoms with Crippen LogP contribution in [-0.2, 0) is 10.0 Å². The second-order valence-electron chi connectivity index (χ2n) is 6.95. The van der Waals surface area contributed by atoms with Gasteiger partial charge in [-0.25, -0.2) is 4.79 Å². The Balaban J connectivity index is 1.75. The Morgan fingerprint density at radius 2 is 2.00 bits per heavy atom. The summed E-state index contributed by atoms with van der Waals surface area (Å²) in [5.41, 5.74) is 1.41. The zero-order valence-corrected chi connectivity index (χ0v) is 16.9. The molecule has 2 aromatic carbocycles. The number of esters is 1. The summed E-state index contributed by atoms with van der Waals surface area (Å²) in [5.74, 6) is 0.199. The molecule has 2 aliphatic heterocycles. The van der Waals surface area contributed by atoms with E-state index in [1.54, 1.807) is 18.2 Å². The van der Waals surface area contributed by atoms with Crippen molar-refractivity contribution >= 4 is 39.1 Å². The topological polar surface area (TPSA) is 76.0 Å². The van der Waals surface area contributed by atoms with E-state index in [-0.39, 0.29) is 15.5 Å². The van der Waals surface area contributed by atoms with Crippen molar-refractivity contribution in [3.63, 3.8) is 0 Å². The van der Waals surface area contributed by atoms with Gasteiger partial charge in [-0.15, -0.1) is 4.40 Å². The molecule has 2 aliphatic rings. The van der Waals surface area contributed by atoms with Crippen LogP contribution in [0.2, 0.25) is 5.02 Å². The van der Waals surface area contributed by atoms with Gasteiger partial charge >= 0.3 is 5.97 Å². The summed E-state index contributed by atoms with van der Waals surface area (Å²) in [6.07, 6.45) is 3.45. The molecule has 6 nitrogen and oxygen atoms in total. The number of benzene rings is 2. The Labute approximate surface area is 168 Å². The van der Waals surface area contributed by atoms with E-state index in [2.05, 4.69) is 4.40 Å². The van der Waals surface area contributed by atoms with Gasteiger partial charge in [0.05, 0.1) is 16.3 Å². The van der Waals surface area contributed by atoms with Crippen LogP contribution in [0.5, 0.6) is 5.75 Å². The lowest BCUT2D eigenvalue weighted by molar-refractivity contribution is 0.0734. The Morgan fingerprint density at radius 3 is 2.79 bits per heavy atom. The minimum Gasteiger partial charge on any atom is -0.423 e. The Hall–Kier alpha value is -2.38. The van der Waals surface area contributed by atoms with Gasteiger partial charge in [0.25, 0.3) is 10.0 Å². The van der Waals surface area contributed by atoms with Crippen molar-refractivity contribution in [3.8, 4) is 5.75 Å². The number of nitrogens with zero attached hydrogens (tertiary/aromatic N) is 2. The van der Waals surface area contributed by atoms with Gasteiger partial charge in [0.1, 0.15) is 16.5 Å². The number of ether oxygens (including phenoxy) is 1. The number of aryl methyl sites for hydroxylation is 1. The predicted octanol–water partition coefficient (Wildman–Crippen LogP) is 4.35. The maximum atomic E-state index is 12.7. The van der Waals surface area contributed by atoms with E-state index in [4.69, 9.17) is 16.3 Å². The summed E-state index contributed by atoms with van der Waals surface area (Å²) in [5, 5.41) is 0.150. The third kappa shape index (κ3) is 3.52. The molecular formula is C20H19ClN2O4S. The summed E-state index contributed by atoms with van der Waals surface area (Å²) in [6, 6.07) is 9.83. The molecule has 0 aromatic heterocycles. The molecule has 0 radical (unpaired) electrons. The van der Waals surface area contributed by atoms with E-state index in [9.17, 15) is 13.2 Å². The number of halogens is 1. The largest absolute Gasteiger partial charge is 0.423 e. The molecule has 28 heavy (non-hydrogen) atoms. The number of fused-ring (bicyclic) bond motifs is 3. The summed E-state index contributed by atoms with van der Waals surface area (Å²) >= 11 is 6.36. The first-order valence-electron chi connectivity index (χ1n) is 9.09. The highest BCUT2D eigenvalue weighted by molar-refractivity contribution is 7.90. The number of hydrogen-bond acceptors (Lipinski definition) is 5. The summed E-state index contributed by atoms with van der Waals surface area (Å²) in [4.78, 5) is 14.5. The standard InChI is InChI=1S/C20H19ClN2O4S/c1-13-6-5-7-14(10-13)27-20(24)15-11-18-17(12-16(15)21)23-9-4-2-3-8-19(23)22-28(18,25)26/h5-7,10-12H,2-4,8-9H2,1H3. The quantitative estimate of drug-likeness (QED) is 0.535. The minimum atomic E-state index is -3.90. The molecule has 8 heteroatoms. The molecular weight excluding hydrogens is 400 g/mol. The number of hydrogen-bond donors (Lipinski definition) is 0. The van der Waals surface area contributed by atoms with Crippen molar-refractivity contribution < 1.29 is 17.9 Å². The lowest BCUT2D eigenvalue weighted by Gasteiger charge is -2.30. The van der Waals surface area contributed by atoms with Gasteiger partial charge in [0.15, 0.2) is 0 Å². The van der Waals surface area contributed by atoms with Crippen LogP contribution >= 0.6 is 11.6 Å². The van der Waals surface area contributed by atoms with Crippen LogP contribution in [0, 0.1) is 6.92 Å². The molecule has 1 saturated heterocycles. The predicted molar refractivity (Wildman–Crippen MR) is 108 cm³/mol. The van der Waals surface area contributed by atoms with Gasteiger partial charge in [-0.2, -0.15) is 8.42 Å². The van der Waals surface area contributed by atoms with Gasteiger partial charge in [-0.05, 0) is 49.6 Å². The van der Waals surface area contributed by atoms with Gasteiger partial charge < -0.3 is 9.64 Å². The van der Waals surface area contributed by atoms with Gasteiger partial charge in [0, 0.05) is 13.0 Å². The molecule has 0 unspecified atom stereocenters. The van der Waals surface area contributed by atoms with E-state index in [1.807, 2.05) is 17.9 Å². The summed E-state index contributed by atoms with van der Waals surface area (Å²) < 4.78 is 34.8. The molecule has 0 aliphatic carbocycles. The van der Waals surface area contributed by atoms with Crippen LogP contribution < -0.4 is 9.64 Å². The Bertz CT molecular complexity index is 1100. The molecule has 2 heterocycles. The van der Waals surface area contributed by atoms with E-state index in [0.717, 1.165) is 24.8 Å². The number of amidine groups is 1. The highest BCUT2D eigenvalue weighted by Gasteiger charge is 2.33. The molecule has 0 bridgehead atoms. The lowest BCUT2D eigenvalue weighted by Crippen LogP contribution is -2.35. The van der Waals surface area contributed by atoms with Crippen molar-refractivity contribution in [2.24, 2.45) is 4.40 Å². The highest BCUT2D eigenvalue weighted by atomic mass is 35.5. The fraction of sp³-hybridized carbons (Fsp3) is 0.300. The number of carbonyl (C=O) groups is 1. The van der Waals surface area contributed by atoms with Gasteiger partial charge in [-0.3, -0.25) is 0 Å². The van der Waals surface area contributed by atoms with Crippen molar-refractivity contribution in [2.75, 3.05) is 11.4 Å². The average Bonchev–Trinajstić information content (AvgIpc) is 2.86. The molecule has 0 amide bonds. The summed E-state index contributed by atoms with van der Waals surface area (Å²) in [6.45, 7) is 2.55. The number of carbonyl (C=O) groups excluding carboxylic acids is 1. The maximum Gasteiger partial charge on any atom is 0.345 e. The fourth-order valence-electron chi connectivity index (χ4n) is 3.49. The second kappa shape index (κ2) is 7.22. The average molecular weight is 419 g/mol. The molecule has 0 N–H and O–H groups in total. The molecule has 0 saturated carbocycles. The molecule has 1 fully saturated rings. The van der Waals surface area contributed by atoms with Crippen LogP contribution in [0.4, 0.5) is 5.69 Å². The number of anilines is 1. The van der Waals surface area contributed by atoms with Crippen LogP contribution in [0.15, 0.2) is 45.7 Å². The van der Waals surface area contributed by atoms with E-state index in [1.165, 1.54) is 12.1 Å². The minimum absolute atomic E-state index is 0.000954. The van der Waals surface area contributed by atoms with Crippen molar-refractivity contribution in [1.29, 1.82) is 0 Å². The first-order valence-corrected chi connectivity index (χ1v) is 10.9. The SMILES string of the molecule is Cc1cccc(OC(=O)c2cc3c(cc2Cl)N2CCCCCC2=NS3(=O)=O)c1. The van der Waals surface area contributed by atoms with Crippen molar-refractivity contribution in [1.82, 2.24) is 0 Å². The second-order valence-corrected chi connectivity index (χ2v) is 8.93. The van der Waals surface area contributed by atoms with Crippen LogP contribution in [0.3, 0.4) is 0 Å². The molecule has 0 spiro atoms. The fourth-order valence-corrected chi connectivity index (χ4v) is 4.99. The first kappa shape index (κ1) is 19.0. The van der Waals surface area contributed by atoms with Crippen molar-refractivity contribution in [2.45, 2.75) is 37.5 Å². The number of sulfonamides is 1. The molecule has 2 aromatic rings. The molecule has 4 rings (SSSR count). The zero-order chi connectivity index (χ0) is 19.9. The van der Waals surface area contributed by atoms with E-state index >= 15 is 0 Å². The highest BCUT2D eigenvalue weighted by Crippen LogP contribution is 2.38. The molecule has 0 atom stereocenters. The first-order chi connectivity index (χ1) is 13.3. The van der Waals surface area contributed by atoms with E-state index in [0.29, 0.717) is 30.2 Å². The van der Waals surface area contributed by atoms with Crippen molar-refractivity contribution in [3.05, 3.63) is 52.5 Å². The van der Waals surface area contributed by atoms with Gasteiger partial charge in [0.2, 0.25) is 0 Å². The maximum absolute atomic E-state index is 12.7. The third-order valence-electron chi connectivity index (χ3n) is 4.86. The van der Waals surface area contributed by atoms with Gasteiger partial charge in [-0.1, -0.05) is 30.2 Å². The Kier molecular flexibility index (Phi) is 4.89. The number of rotatable bonds is 2. The van der Waals surface area contributed by atoms with Crippen LogP contribution in [0.25, 0.3) is 0 Å². The third-order valence-corrected chi connectivity index (χ3v) is 6.50. The van der Waals surface area contributed by atoms with E-state index < -0.39 is 16.0 Å². The smallest absolute Gasteiger partial charge is 0.345 e. The monoisotopic (exact) mass is 418 g/mol. The lowest BCUT2D eigenvalue weighted by atomic mass is 10.1. The molecule has 146 valence electrons. The van der Waals surface area contributed by atoms with Crippen LogP contribution in [0.1, 0.15) is 41.6 Å². The normalized spacial score (nSPS) is 17.8. The zero-order valence-electron chi connectivity index (χ0n) is 15.3. The summed E-state index contributed by atoms with van der Waals surface area (Å²) in [7, 11) is -3.90. The van der Waals surface area contributed by atoms with Crippen LogP contribution in [-0.4, -0.2) is 26.8 Å². The Morgan fingerprint density at radius 1 is 1.18 bits per heavy atom.